The molecule has 2 aromatic carbocycles. The molecule has 4 rings (SSSR count). The number of carbonyl (C=O) groups is 4. The molecule has 0 bridgehead atoms. The van der Waals surface area contributed by atoms with Crippen molar-refractivity contribution in [3.63, 3.8) is 0 Å². The number of carbonyl (C=O) groups excluding carboxylic acids is 4. The Hall–Kier alpha value is -4.74. The number of fused-ring (bicyclic) bond motifs is 1. The molecule has 0 fully saturated rings. The molecule has 2 heterocycles. The lowest BCUT2D eigenvalue weighted by Crippen LogP contribution is -2.53. The minimum atomic E-state index is -1.24. The zero-order chi connectivity index (χ0) is 27.6. The number of halogens is 1. The summed E-state index contributed by atoms with van der Waals surface area (Å²) in [4.78, 5) is 59.0. The van der Waals surface area contributed by atoms with Crippen LogP contribution in [0.15, 0.2) is 61.1 Å². The van der Waals surface area contributed by atoms with E-state index in [1.54, 1.807) is 42.6 Å². The monoisotopic (exact) mass is 536 g/mol. The highest BCUT2D eigenvalue weighted by Crippen LogP contribution is 2.18. The number of hydrogen-bond donors (Lipinski definition) is 5. The molecule has 11 nitrogen and oxygen atoms in total. The molecule has 12 heteroatoms. The number of aromatic nitrogens is 2. The Kier molecular flexibility index (Phi) is 9.22. The molecule has 1 aromatic heterocycles. The van der Waals surface area contributed by atoms with Crippen molar-refractivity contribution in [3.8, 4) is 5.75 Å². The largest absolute Gasteiger partial charge is 0.491 e. The number of imidazole rings is 1. The molecule has 4 amide bonds. The van der Waals surface area contributed by atoms with Gasteiger partial charge in [-0.15, -0.1) is 0 Å². The number of H-pyrrole nitrogens is 1. The summed E-state index contributed by atoms with van der Waals surface area (Å²) in [6, 6.07) is 10.2. The van der Waals surface area contributed by atoms with Crippen LogP contribution in [0.4, 0.5) is 4.39 Å². The lowest BCUT2D eigenvalue weighted by atomic mass is 10.1. The fourth-order valence-electron chi connectivity index (χ4n) is 4.05. The number of aromatic amines is 1. The van der Waals surface area contributed by atoms with Crippen LogP contribution in [0.3, 0.4) is 0 Å². The molecule has 1 aliphatic heterocycles. The minimum absolute atomic E-state index is 0.0774. The predicted molar refractivity (Wildman–Crippen MR) is 138 cm³/mol. The highest BCUT2D eigenvalue weighted by atomic mass is 19.1. The van der Waals surface area contributed by atoms with E-state index in [1.165, 1.54) is 18.5 Å². The van der Waals surface area contributed by atoms with Gasteiger partial charge in [-0.2, -0.15) is 0 Å². The van der Waals surface area contributed by atoms with Crippen molar-refractivity contribution in [1.29, 1.82) is 0 Å². The van der Waals surface area contributed by atoms with Crippen molar-refractivity contribution in [2.45, 2.75) is 31.3 Å². The summed E-state index contributed by atoms with van der Waals surface area (Å²) < 4.78 is 18.9. The van der Waals surface area contributed by atoms with Crippen LogP contribution in [-0.4, -0.2) is 65.4 Å². The van der Waals surface area contributed by atoms with E-state index in [0.717, 1.165) is 5.56 Å². The molecular formula is C27H29FN6O5. The normalized spacial score (nSPS) is 18.4. The van der Waals surface area contributed by atoms with Crippen LogP contribution in [0, 0.1) is 5.82 Å². The average Bonchev–Trinajstić information content (AvgIpc) is 3.44. The van der Waals surface area contributed by atoms with Crippen LogP contribution in [0.5, 0.6) is 5.75 Å². The highest BCUT2D eigenvalue weighted by Gasteiger charge is 2.29. The maximum absolute atomic E-state index is 13.2. The zero-order valence-electron chi connectivity index (χ0n) is 21.0. The molecular weight excluding hydrogens is 507 g/mol. The second-order valence-corrected chi connectivity index (χ2v) is 8.93. The highest BCUT2D eigenvalue weighted by molar-refractivity contribution is 6.01. The van der Waals surface area contributed by atoms with Gasteiger partial charge in [0.15, 0.2) is 0 Å². The van der Waals surface area contributed by atoms with Crippen molar-refractivity contribution < 1.29 is 28.3 Å². The van der Waals surface area contributed by atoms with Crippen LogP contribution >= 0.6 is 0 Å². The van der Waals surface area contributed by atoms with Gasteiger partial charge in [0.2, 0.25) is 17.7 Å². The second-order valence-electron chi connectivity index (χ2n) is 8.93. The summed E-state index contributed by atoms with van der Waals surface area (Å²) in [6.45, 7) is 0.417. The van der Waals surface area contributed by atoms with E-state index >= 15 is 0 Å². The van der Waals surface area contributed by atoms with Gasteiger partial charge in [-0.1, -0.05) is 24.3 Å². The third kappa shape index (κ3) is 7.87. The Labute approximate surface area is 223 Å². The Morgan fingerprint density at radius 2 is 1.87 bits per heavy atom. The fraction of sp³-hybridized carbons (Fsp3) is 0.296. The Morgan fingerprint density at radius 3 is 2.64 bits per heavy atom. The van der Waals surface area contributed by atoms with Crippen molar-refractivity contribution in [1.82, 2.24) is 31.2 Å². The van der Waals surface area contributed by atoms with Gasteiger partial charge in [-0.25, -0.2) is 9.37 Å². The van der Waals surface area contributed by atoms with Gasteiger partial charge in [-0.3, -0.25) is 19.2 Å². The van der Waals surface area contributed by atoms with Crippen LogP contribution in [0.1, 0.15) is 28.0 Å². The zero-order valence-corrected chi connectivity index (χ0v) is 21.0. The van der Waals surface area contributed by atoms with E-state index < -0.39 is 42.1 Å². The number of rotatable bonds is 6. The third-order valence-corrected chi connectivity index (χ3v) is 6.06. The number of nitrogens with zero attached hydrogens (tertiary/aromatic N) is 1. The number of amides is 4. The first-order valence-corrected chi connectivity index (χ1v) is 12.5. The van der Waals surface area contributed by atoms with Gasteiger partial charge < -0.3 is 31.0 Å². The summed E-state index contributed by atoms with van der Waals surface area (Å²) in [5.41, 5.74) is 1.62. The lowest BCUT2D eigenvalue weighted by Gasteiger charge is -2.23. The number of ether oxygens (including phenoxy) is 1. The molecule has 5 N–H and O–H groups in total. The Balaban J connectivity index is 1.51. The Bertz CT molecular complexity index is 1300. The second kappa shape index (κ2) is 13.2. The van der Waals surface area contributed by atoms with Crippen LogP contribution in [-0.2, 0) is 27.2 Å². The predicted octanol–water partition coefficient (Wildman–Crippen LogP) is 0.632. The molecule has 0 unspecified atom stereocenters. The summed E-state index contributed by atoms with van der Waals surface area (Å²) in [5.74, 6) is -2.30. The number of hydrogen-bond acceptors (Lipinski definition) is 6. The van der Waals surface area contributed by atoms with E-state index in [2.05, 4.69) is 31.2 Å². The van der Waals surface area contributed by atoms with Gasteiger partial charge >= 0.3 is 0 Å². The van der Waals surface area contributed by atoms with Crippen LogP contribution in [0.25, 0.3) is 0 Å². The van der Waals surface area contributed by atoms with Crippen molar-refractivity contribution in [2.75, 3.05) is 19.7 Å². The lowest BCUT2D eigenvalue weighted by molar-refractivity contribution is -0.131. The first kappa shape index (κ1) is 27.3. The molecule has 1 aliphatic rings. The molecule has 0 saturated carbocycles. The fourth-order valence-corrected chi connectivity index (χ4v) is 4.05. The molecule has 3 aromatic rings. The van der Waals surface area contributed by atoms with Crippen LogP contribution < -0.4 is 26.0 Å². The minimum Gasteiger partial charge on any atom is -0.491 e. The maximum atomic E-state index is 13.2. The SMILES string of the molecule is O=C1C[C@@H](C(=O)NCCc2ccc(F)cc2)NC(=O)c2ccccc2OCCNC(=O)[C@H](Cc2cnc[nH]2)N1. The smallest absolute Gasteiger partial charge is 0.255 e. The first-order chi connectivity index (χ1) is 18.9. The average molecular weight is 537 g/mol. The molecule has 0 saturated heterocycles. The van der Waals surface area contributed by atoms with Gasteiger partial charge in [0.25, 0.3) is 5.91 Å². The molecule has 0 radical (unpaired) electrons. The van der Waals surface area contributed by atoms with E-state index in [0.29, 0.717) is 12.1 Å². The molecule has 2 atom stereocenters. The van der Waals surface area contributed by atoms with E-state index in [4.69, 9.17) is 4.74 Å². The van der Waals surface area contributed by atoms with Crippen molar-refractivity contribution >= 4 is 23.6 Å². The number of nitrogens with one attached hydrogen (secondary N) is 5. The van der Waals surface area contributed by atoms with Gasteiger partial charge in [0.05, 0.1) is 24.9 Å². The molecule has 39 heavy (non-hydrogen) atoms. The molecule has 0 spiro atoms. The van der Waals surface area contributed by atoms with E-state index in [9.17, 15) is 23.6 Å². The van der Waals surface area contributed by atoms with E-state index in [-0.39, 0.29) is 43.2 Å². The van der Waals surface area contributed by atoms with Crippen LogP contribution in [0.2, 0.25) is 0 Å². The van der Waals surface area contributed by atoms with Crippen molar-refractivity contribution in [2.24, 2.45) is 0 Å². The first-order valence-electron chi connectivity index (χ1n) is 12.5. The van der Waals surface area contributed by atoms with Crippen molar-refractivity contribution in [3.05, 3.63) is 83.7 Å². The third-order valence-electron chi connectivity index (χ3n) is 6.06. The number of benzene rings is 2. The van der Waals surface area contributed by atoms with Gasteiger partial charge in [0, 0.05) is 24.9 Å². The topological polar surface area (TPSA) is 154 Å². The summed E-state index contributed by atoms with van der Waals surface area (Å²) in [5, 5.41) is 10.7. The molecule has 204 valence electrons. The quantitative estimate of drug-likeness (QED) is 0.311. The summed E-state index contributed by atoms with van der Waals surface area (Å²) >= 11 is 0. The summed E-state index contributed by atoms with van der Waals surface area (Å²) in [6.07, 6.45) is 3.15. The Morgan fingerprint density at radius 1 is 1.08 bits per heavy atom. The van der Waals surface area contributed by atoms with Gasteiger partial charge in [-0.05, 0) is 36.2 Å². The maximum Gasteiger partial charge on any atom is 0.255 e. The van der Waals surface area contributed by atoms with E-state index in [1.807, 2.05) is 0 Å². The summed E-state index contributed by atoms with van der Waals surface area (Å²) in [7, 11) is 0. The molecule has 0 aliphatic carbocycles. The standard InChI is InChI=1S/C27H29FN6O5/c28-18-7-5-17(6-8-18)9-10-30-27(38)22-14-24(35)33-21(13-19-15-29-16-32-19)26(37)31-11-12-39-23-4-2-1-3-20(23)25(36)34-22/h1-8,15-16,21-22H,9-14H2,(H,29,32)(H,30,38)(H,31,37)(H,33,35)(H,34,36)/t21-,22-/m0/s1. The number of para-hydroxylation sites is 1. The van der Waals surface area contributed by atoms with Gasteiger partial charge in [0.1, 0.15) is 30.3 Å².